The molecule has 1 aromatic heterocycles. The van der Waals surface area contributed by atoms with Crippen LogP contribution < -0.4 is 4.74 Å². The third kappa shape index (κ3) is 3.62. The molecule has 0 amide bonds. The van der Waals surface area contributed by atoms with Crippen LogP contribution in [-0.4, -0.2) is 31.1 Å². The van der Waals surface area contributed by atoms with E-state index in [1.54, 1.807) is 0 Å². The van der Waals surface area contributed by atoms with Crippen molar-refractivity contribution < 1.29 is 31.1 Å². The van der Waals surface area contributed by atoms with Crippen LogP contribution in [0.15, 0.2) is 18.2 Å². The van der Waals surface area contributed by atoms with Gasteiger partial charge in [0.2, 0.25) is 0 Å². The molecule has 0 N–H and O–H groups in total. The van der Waals surface area contributed by atoms with Gasteiger partial charge in [-0.15, -0.1) is 0 Å². The Labute approximate surface area is 138 Å². The monoisotopic (exact) mass is 362 g/mol. The van der Waals surface area contributed by atoms with E-state index in [9.17, 15) is 31.6 Å². The average Bonchev–Trinajstić information content (AvgIpc) is 2.58. The van der Waals surface area contributed by atoms with Gasteiger partial charge < -0.3 is 4.74 Å². The first kappa shape index (κ1) is 18.8. The summed E-state index contributed by atoms with van der Waals surface area (Å²) in [7, 11) is 1.23. The SMILES string of the molecule is COc1cccc2nc(C(F)(F)F)c(C#N)c(CC(F)C(F)CF)c12. The molecule has 0 saturated heterocycles. The molecule has 2 atom stereocenters. The Hall–Kier alpha value is -2.50. The molecule has 0 aliphatic carbocycles. The molecular weight excluding hydrogens is 350 g/mol. The maximum atomic E-state index is 13.9. The summed E-state index contributed by atoms with van der Waals surface area (Å²) in [6, 6.07) is 5.34. The molecule has 0 aliphatic heterocycles. The highest BCUT2D eigenvalue weighted by molar-refractivity contribution is 5.90. The molecule has 0 saturated carbocycles. The summed E-state index contributed by atoms with van der Waals surface area (Å²) < 4.78 is 84.2. The Balaban J connectivity index is 2.83. The molecule has 2 rings (SSSR count). The summed E-state index contributed by atoms with van der Waals surface area (Å²) in [5, 5.41) is 9.13. The minimum Gasteiger partial charge on any atom is -0.496 e. The first-order valence-corrected chi connectivity index (χ1v) is 7.05. The van der Waals surface area contributed by atoms with E-state index in [-0.39, 0.29) is 16.7 Å². The Morgan fingerprint density at radius 2 is 1.92 bits per heavy atom. The summed E-state index contributed by atoms with van der Waals surface area (Å²) in [6.07, 6.45) is -10.8. The third-order valence-corrected chi connectivity index (χ3v) is 3.62. The number of pyridine rings is 1. The molecule has 0 spiro atoms. The van der Waals surface area contributed by atoms with Gasteiger partial charge in [-0.25, -0.2) is 18.2 Å². The molecule has 0 bridgehead atoms. The zero-order chi connectivity index (χ0) is 18.8. The van der Waals surface area contributed by atoms with Crippen molar-refractivity contribution in [2.45, 2.75) is 24.9 Å². The first-order chi connectivity index (χ1) is 11.7. The molecule has 2 unspecified atom stereocenters. The lowest BCUT2D eigenvalue weighted by Crippen LogP contribution is -2.23. The third-order valence-electron chi connectivity index (χ3n) is 3.62. The van der Waals surface area contributed by atoms with E-state index >= 15 is 0 Å². The van der Waals surface area contributed by atoms with Crippen LogP contribution in [0, 0.1) is 11.3 Å². The molecule has 9 heteroatoms. The van der Waals surface area contributed by atoms with Gasteiger partial charge in [0.05, 0.1) is 18.2 Å². The van der Waals surface area contributed by atoms with Crippen molar-refractivity contribution >= 4 is 10.9 Å². The maximum Gasteiger partial charge on any atom is 0.434 e. The lowest BCUT2D eigenvalue weighted by Gasteiger charge is -2.18. The summed E-state index contributed by atoms with van der Waals surface area (Å²) >= 11 is 0. The smallest absolute Gasteiger partial charge is 0.434 e. The van der Waals surface area contributed by atoms with Crippen LogP contribution in [0.25, 0.3) is 10.9 Å². The first-order valence-electron chi connectivity index (χ1n) is 7.05. The van der Waals surface area contributed by atoms with Crippen molar-refractivity contribution in [3.05, 3.63) is 35.0 Å². The van der Waals surface area contributed by atoms with E-state index in [2.05, 4.69) is 4.98 Å². The van der Waals surface area contributed by atoms with Crippen LogP contribution in [0.4, 0.5) is 26.3 Å². The van der Waals surface area contributed by atoms with E-state index in [1.165, 1.54) is 31.4 Å². The van der Waals surface area contributed by atoms with E-state index in [4.69, 9.17) is 4.74 Å². The highest BCUT2D eigenvalue weighted by Gasteiger charge is 2.38. The van der Waals surface area contributed by atoms with Gasteiger partial charge in [-0.3, -0.25) is 0 Å². The minimum atomic E-state index is -4.97. The van der Waals surface area contributed by atoms with E-state index in [0.717, 1.165) is 0 Å². The highest BCUT2D eigenvalue weighted by Crippen LogP contribution is 2.38. The normalized spacial score (nSPS) is 14.2. The summed E-state index contributed by atoms with van der Waals surface area (Å²) in [6.45, 7) is -1.63. The molecule has 1 heterocycles. The number of benzene rings is 1. The quantitative estimate of drug-likeness (QED) is 0.744. The number of ether oxygens (including phenoxy) is 1. The lowest BCUT2D eigenvalue weighted by molar-refractivity contribution is -0.141. The second-order valence-corrected chi connectivity index (χ2v) is 5.17. The van der Waals surface area contributed by atoms with Crippen molar-refractivity contribution in [2.75, 3.05) is 13.8 Å². The van der Waals surface area contributed by atoms with Crippen molar-refractivity contribution in [3.63, 3.8) is 0 Å². The largest absolute Gasteiger partial charge is 0.496 e. The molecule has 1 aromatic carbocycles. The van der Waals surface area contributed by atoms with Crippen molar-refractivity contribution in [1.82, 2.24) is 4.98 Å². The van der Waals surface area contributed by atoms with Gasteiger partial charge in [-0.1, -0.05) is 6.07 Å². The fourth-order valence-electron chi connectivity index (χ4n) is 2.48. The Morgan fingerprint density at radius 3 is 2.44 bits per heavy atom. The van der Waals surface area contributed by atoms with E-state index < -0.39 is 48.4 Å². The summed E-state index contributed by atoms with van der Waals surface area (Å²) in [5.74, 6) is 0.0491. The number of hydrogen-bond donors (Lipinski definition) is 0. The second kappa shape index (κ2) is 7.17. The molecule has 0 radical (unpaired) electrons. The molecule has 3 nitrogen and oxygen atoms in total. The van der Waals surface area contributed by atoms with Crippen LogP contribution in [0.5, 0.6) is 5.75 Å². The number of fused-ring (bicyclic) bond motifs is 1. The Kier molecular flexibility index (Phi) is 5.40. The predicted molar refractivity (Wildman–Crippen MR) is 77.5 cm³/mol. The van der Waals surface area contributed by atoms with Gasteiger partial charge >= 0.3 is 6.18 Å². The van der Waals surface area contributed by atoms with Gasteiger partial charge in [0.25, 0.3) is 0 Å². The van der Waals surface area contributed by atoms with E-state index in [0.29, 0.717) is 0 Å². The number of nitrogens with zero attached hydrogens (tertiary/aromatic N) is 2. The topological polar surface area (TPSA) is 45.9 Å². The molecule has 25 heavy (non-hydrogen) atoms. The van der Waals surface area contributed by atoms with Gasteiger partial charge in [0.1, 0.15) is 24.7 Å². The highest BCUT2D eigenvalue weighted by atomic mass is 19.4. The standard InChI is InChI=1S/C16H12F6N2O/c1-25-13-4-2-3-12-14(13)8(5-10(18)11(19)6-17)9(7-23)15(24-12)16(20,21)22/h2-4,10-11H,5-6H2,1H3. The summed E-state index contributed by atoms with van der Waals surface area (Å²) in [5.41, 5.74) is -3.05. The van der Waals surface area contributed by atoms with Crippen molar-refractivity contribution in [2.24, 2.45) is 0 Å². The molecule has 0 fully saturated rings. The van der Waals surface area contributed by atoms with E-state index in [1.807, 2.05) is 0 Å². The Bertz CT molecular complexity index is 815. The number of aromatic nitrogens is 1. The van der Waals surface area contributed by atoms with Crippen LogP contribution >= 0.6 is 0 Å². The number of alkyl halides is 6. The summed E-state index contributed by atoms with van der Waals surface area (Å²) in [4.78, 5) is 3.44. The van der Waals surface area contributed by atoms with Crippen LogP contribution in [0.2, 0.25) is 0 Å². The fraction of sp³-hybridized carbons (Fsp3) is 0.375. The minimum absolute atomic E-state index is 0.0386. The zero-order valence-electron chi connectivity index (χ0n) is 12.9. The molecular formula is C16H12F6N2O. The van der Waals surface area contributed by atoms with Crippen LogP contribution in [-0.2, 0) is 12.6 Å². The average molecular weight is 362 g/mol. The molecule has 2 aromatic rings. The number of hydrogen-bond acceptors (Lipinski definition) is 3. The number of nitriles is 1. The molecule has 0 aliphatic rings. The zero-order valence-corrected chi connectivity index (χ0v) is 12.9. The number of halogens is 6. The molecule has 134 valence electrons. The van der Waals surface area contributed by atoms with Gasteiger partial charge in [-0.2, -0.15) is 18.4 Å². The van der Waals surface area contributed by atoms with Gasteiger partial charge in [0.15, 0.2) is 11.9 Å². The Morgan fingerprint density at radius 1 is 1.24 bits per heavy atom. The van der Waals surface area contributed by atoms with Crippen molar-refractivity contribution in [1.29, 1.82) is 5.26 Å². The lowest BCUT2D eigenvalue weighted by atomic mass is 9.94. The van der Waals surface area contributed by atoms with Crippen molar-refractivity contribution in [3.8, 4) is 11.8 Å². The predicted octanol–water partition coefficient (Wildman–Crippen LogP) is 4.32. The number of rotatable bonds is 5. The number of methoxy groups -OCH3 is 1. The maximum absolute atomic E-state index is 13.9. The second-order valence-electron chi connectivity index (χ2n) is 5.17. The van der Waals surface area contributed by atoms with Gasteiger partial charge in [0, 0.05) is 11.8 Å². The fourth-order valence-corrected chi connectivity index (χ4v) is 2.48. The van der Waals surface area contributed by atoms with Gasteiger partial charge in [-0.05, 0) is 17.7 Å². The van der Waals surface area contributed by atoms with Crippen LogP contribution in [0.1, 0.15) is 16.8 Å². The van der Waals surface area contributed by atoms with Crippen LogP contribution in [0.3, 0.4) is 0 Å².